The highest BCUT2D eigenvalue weighted by molar-refractivity contribution is 7.10. The Bertz CT molecular complexity index is 854. The average molecular weight is 339 g/mol. The number of amides is 1. The normalized spacial score (nSPS) is 13.9. The Kier molecular flexibility index (Phi) is 3.86. The summed E-state index contributed by atoms with van der Waals surface area (Å²) < 4.78 is 0. The van der Waals surface area contributed by atoms with Crippen LogP contribution in [0.1, 0.15) is 33.6 Å². The fraction of sp³-hybridized carbons (Fsp3) is 0.294. The molecule has 122 valence electrons. The van der Waals surface area contributed by atoms with Crippen LogP contribution in [0.2, 0.25) is 0 Å². The zero-order valence-corrected chi connectivity index (χ0v) is 14.1. The minimum atomic E-state index is 0.0331. The Morgan fingerprint density at radius 3 is 2.83 bits per heavy atom. The van der Waals surface area contributed by atoms with Gasteiger partial charge >= 0.3 is 0 Å². The van der Waals surface area contributed by atoms with Gasteiger partial charge in [0.1, 0.15) is 0 Å². The molecule has 1 N–H and O–H groups in total. The van der Waals surface area contributed by atoms with E-state index in [9.17, 15) is 4.79 Å². The van der Waals surface area contributed by atoms with Crippen LogP contribution >= 0.6 is 11.3 Å². The number of carbonyl (C=O) groups excluding carboxylic acids is 1. The van der Waals surface area contributed by atoms with Crippen LogP contribution in [0, 0.1) is 6.92 Å². The van der Waals surface area contributed by atoms with Crippen molar-refractivity contribution in [3.05, 3.63) is 51.7 Å². The van der Waals surface area contributed by atoms with Gasteiger partial charge in [0, 0.05) is 16.5 Å². The fourth-order valence-electron chi connectivity index (χ4n) is 2.77. The molecule has 0 aliphatic heterocycles. The van der Waals surface area contributed by atoms with Gasteiger partial charge < -0.3 is 4.90 Å². The van der Waals surface area contributed by atoms with Gasteiger partial charge in [0.05, 0.1) is 12.1 Å². The molecule has 2 aromatic heterocycles. The molecule has 7 heteroatoms. The Balaban J connectivity index is 1.68. The van der Waals surface area contributed by atoms with Crippen LogP contribution in [-0.2, 0) is 6.54 Å². The maximum absolute atomic E-state index is 13.2. The SMILES string of the molecule is Cc1ccsc1CN(C(=O)c1ccccc1-c1nn[nH]n1)C1CC1. The maximum atomic E-state index is 13.2. The lowest BCUT2D eigenvalue weighted by Crippen LogP contribution is -2.32. The van der Waals surface area contributed by atoms with Crippen molar-refractivity contribution >= 4 is 17.2 Å². The van der Waals surface area contributed by atoms with Crippen LogP contribution in [0.5, 0.6) is 0 Å². The molecule has 0 saturated heterocycles. The van der Waals surface area contributed by atoms with E-state index in [0.29, 0.717) is 29.5 Å². The molecule has 3 aromatic rings. The number of hydrogen-bond acceptors (Lipinski definition) is 5. The average Bonchev–Trinajstić information content (AvgIpc) is 3.13. The van der Waals surface area contributed by atoms with E-state index < -0.39 is 0 Å². The predicted octanol–water partition coefficient (Wildman–Crippen LogP) is 3.04. The Labute approximate surface area is 143 Å². The van der Waals surface area contributed by atoms with Gasteiger partial charge in [0.15, 0.2) is 0 Å². The van der Waals surface area contributed by atoms with Crippen molar-refractivity contribution in [2.45, 2.75) is 32.4 Å². The van der Waals surface area contributed by atoms with Gasteiger partial charge in [-0.3, -0.25) is 4.79 Å². The molecule has 2 heterocycles. The third-order valence-electron chi connectivity index (χ3n) is 4.27. The summed E-state index contributed by atoms with van der Waals surface area (Å²) in [6.07, 6.45) is 2.14. The first-order chi connectivity index (χ1) is 11.7. The number of H-pyrrole nitrogens is 1. The van der Waals surface area contributed by atoms with Crippen molar-refractivity contribution in [3.8, 4) is 11.4 Å². The van der Waals surface area contributed by atoms with E-state index in [2.05, 4.69) is 39.0 Å². The number of hydrogen-bond donors (Lipinski definition) is 1. The van der Waals surface area contributed by atoms with E-state index in [0.717, 1.165) is 12.8 Å². The Morgan fingerprint density at radius 1 is 1.33 bits per heavy atom. The molecule has 1 fully saturated rings. The second-order valence-electron chi connectivity index (χ2n) is 5.97. The van der Waals surface area contributed by atoms with E-state index in [1.165, 1.54) is 10.4 Å². The van der Waals surface area contributed by atoms with Crippen LogP contribution in [0.3, 0.4) is 0 Å². The summed E-state index contributed by atoms with van der Waals surface area (Å²) in [5, 5.41) is 16.2. The summed E-state index contributed by atoms with van der Waals surface area (Å²) in [4.78, 5) is 16.5. The molecule has 4 rings (SSSR count). The standard InChI is InChI=1S/C17H17N5OS/c1-11-8-9-24-15(11)10-22(12-6-7-12)17(23)14-5-3-2-4-13(14)16-18-20-21-19-16/h2-5,8-9,12H,6-7,10H2,1H3,(H,18,19,20,21). The number of aromatic amines is 1. The maximum Gasteiger partial charge on any atom is 0.255 e. The molecule has 0 radical (unpaired) electrons. The molecule has 1 aliphatic rings. The summed E-state index contributed by atoms with van der Waals surface area (Å²) in [6, 6.07) is 9.89. The highest BCUT2D eigenvalue weighted by Gasteiger charge is 2.34. The van der Waals surface area contributed by atoms with Gasteiger partial charge in [0.25, 0.3) is 5.91 Å². The minimum Gasteiger partial charge on any atom is -0.330 e. The lowest BCUT2D eigenvalue weighted by molar-refractivity contribution is 0.0732. The quantitative estimate of drug-likeness (QED) is 0.775. The molecule has 0 bridgehead atoms. The summed E-state index contributed by atoms with van der Waals surface area (Å²) in [7, 11) is 0. The molecule has 1 amide bonds. The predicted molar refractivity (Wildman–Crippen MR) is 91.6 cm³/mol. The summed E-state index contributed by atoms with van der Waals surface area (Å²) in [5.74, 6) is 0.479. The number of nitrogens with zero attached hydrogens (tertiary/aromatic N) is 4. The number of aromatic nitrogens is 4. The summed E-state index contributed by atoms with van der Waals surface area (Å²) in [5.41, 5.74) is 2.58. The molecular formula is C17H17N5OS. The van der Waals surface area contributed by atoms with Crippen LogP contribution in [0.15, 0.2) is 35.7 Å². The van der Waals surface area contributed by atoms with Crippen LogP contribution in [-0.4, -0.2) is 37.5 Å². The molecule has 1 aromatic carbocycles. The molecule has 0 spiro atoms. The number of benzene rings is 1. The fourth-order valence-corrected chi connectivity index (χ4v) is 3.67. The highest BCUT2D eigenvalue weighted by Crippen LogP contribution is 2.33. The van der Waals surface area contributed by atoms with Crippen LogP contribution < -0.4 is 0 Å². The number of thiophene rings is 1. The molecular weight excluding hydrogens is 322 g/mol. The van der Waals surface area contributed by atoms with Crippen molar-refractivity contribution < 1.29 is 4.79 Å². The molecule has 1 aliphatic carbocycles. The number of nitrogens with one attached hydrogen (secondary N) is 1. The smallest absolute Gasteiger partial charge is 0.255 e. The first kappa shape index (κ1) is 15.0. The molecule has 24 heavy (non-hydrogen) atoms. The number of aryl methyl sites for hydroxylation is 1. The minimum absolute atomic E-state index is 0.0331. The largest absolute Gasteiger partial charge is 0.330 e. The third-order valence-corrected chi connectivity index (χ3v) is 5.28. The van der Waals surface area contributed by atoms with Gasteiger partial charge in [-0.25, -0.2) is 0 Å². The summed E-state index contributed by atoms with van der Waals surface area (Å²) in [6.45, 7) is 2.75. The van der Waals surface area contributed by atoms with Gasteiger partial charge in [-0.2, -0.15) is 5.21 Å². The van der Waals surface area contributed by atoms with Crippen LogP contribution in [0.25, 0.3) is 11.4 Å². The van der Waals surface area contributed by atoms with E-state index in [4.69, 9.17) is 0 Å². The lowest BCUT2D eigenvalue weighted by Gasteiger charge is -2.23. The number of carbonyl (C=O) groups is 1. The van der Waals surface area contributed by atoms with Crippen molar-refractivity contribution in [2.75, 3.05) is 0 Å². The Hall–Kier alpha value is -2.54. The summed E-state index contributed by atoms with van der Waals surface area (Å²) >= 11 is 1.70. The van der Waals surface area contributed by atoms with Crippen molar-refractivity contribution in [1.29, 1.82) is 0 Å². The van der Waals surface area contributed by atoms with E-state index in [-0.39, 0.29) is 5.91 Å². The van der Waals surface area contributed by atoms with Crippen molar-refractivity contribution in [3.63, 3.8) is 0 Å². The molecule has 0 atom stereocenters. The van der Waals surface area contributed by atoms with Crippen LogP contribution in [0.4, 0.5) is 0 Å². The zero-order chi connectivity index (χ0) is 16.5. The van der Waals surface area contributed by atoms with Crippen molar-refractivity contribution in [2.24, 2.45) is 0 Å². The molecule has 1 saturated carbocycles. The number of rotatable bonds is 5. The third kappa shape index (κ3) is 2.82. The molecule has 0 unspecified atom stereocenters. The monoisotopic (exact) mass is 339 g/mol. The second kappa shape index (κ2) is 6.16. The second-order valence-corrected chi connectivity index (χ2v) is 6.97. The first-order valence-electron chi connectivity index (χ1n) is 7.91. The van der Waals surface area contributed by atoms with Gasteiger partial charge in [-0.15, -0.1) is 21.5 Å². The van der Waals surface area contributed by atoms with E-state index in [1.54, 1.807) is 11.3 Å². The van der Waals surface area contributed by atoms with Gasteiger partial charge in [-0.05, 0) is 48.1 Å². The van der Waals surface area contributed by atoms with Gasteiger partial charge in [0.2, 0.25) is 5.82 Å². The van der Waals surface area contributed by atoms with Crippen molar-refractivity contribution in [1.82, 2.24) is 25.5 Å². The molecule has 6 nitrogen and oxygen atoms in total. The van der Waals surface area contributed by atoms with Gasteiger partial charge in [-0.1, -0.05) is 18.2 Å². The topological polar surface area (TPSA) is 74.8 Å². The lowest BCUT2D eigenvalue weighted by atomic mass is 10.1. The Morgan fingerprint density at radius 2 is 2.17 bits per heavy atom. The van der Waals surface area contributed by atoms with E-state index in [1.807, 2.05) is 29.2 Å². The zero-order valence-electron chi connectivity index (χ0n) is 13.3. The van der Waals surface area contributed by atoms with E-state index >= 15 is 0 Å². The number of tetrazole rings is 1. The highest BCUT2D eigenvalue weighted by atomic mass is 32.1. The first-order valence-corrected chi connectivity index (χ1v) is 8.79.